The molecule has 2 heterocycles. The van der Waals surface area contributed by atoms with Crippen LogP contribution in [0.1, 0.15) is 5.56 Å². The van der Waals surface area contributed by atoms with Crippen molar-refractivity contribution in [2.24, 2.45) is 0 Å². The number of carbonyl (C=O) groups is 1. The van der Waals surface area contributed by atoms with E-state index in [1.807, 2.05) is 18.2 Å². The van der Waals surface area contributed by atoms with Crippen LogP contribution in [0.15, 0.2) is 60.7 Å². The van der Waals surface area contributed by atoms with Gasteiger partial charge in [-0.3, -0.25) is 19.8 Å². The summed E-state index contributed by atoms with van der Waals surface area (Å²) in [6.07, 6.45) is 0. The number of nitro benzene ring substituents is 1. The molecule has 3 aromatic rings. The number of ether oxygens (including phenoxy) is 4. The number of hydrogen-bond acceptors (Lipinski definition) is 8. The van der Waals surface area contributed by atoms with E-state index in [1.54, 1.807) is 29.2 Å². The van der Waals surface area contributed by atoms with Crippen LogP contribution in [-0.2, 0) is 11.3 Å². The van der Waals surface area contributed by atoms with E-state index in [0.717, 1.165) is 42.8 Å². The van der Waals surface area contributed by atoms with Crippen molar-refractivity contribution in [1.29, 1.82) is 0 Å². The first-order chi connectivity index (χ1) is 17.9. The van der Waals surface area contributed by atoms with Gasteiger partial charge in [-0.15, -0.1) is 0 Å². The molecule has 0 aromatic heterocycles. The number of benzene rings is 3. The van der Waals surface area contributed by atoms with Gasteiger partial charge in [0.1, 0.15) is 11.5 Å². The normalized spacial score (nSPS) is 14.9. The molecule has 1 amide bonds. The fraction of sp³-hybridized carbons (Fsp3) is 0.269. The Morgan fingerprint density at radius 3 is 2.41 bits per heavy atom. The minimum atomic E-state index is -0.837. The second kappa shape index (κ2) is 10.7. The highest BCUT2D eigenvalue weighted by Crippen LogP contribution is 2.33. The number of carbonyl (C=O) groups excluding carboxylic acids is 1. The van der Waals surface area contributed by atoms with Crippen molar-refractivity contribution < 1.29 is 33.1 Å². The largest absolute Gasteiger partial charge is 0.484 e. The van der Waals surface area contributed by atoms with E-state index in [1.165, 1.54) is 12.1 Å². The second-order valence-electron chi connectivity index (χ2n) is 8.58. The summed E-state index contributed by atoms with van der Waals surface area (Å²) >= 11 is 0. The molecule has 0 bridgehead atoms. The molecule has 0 atom stereocenters. The molecule has 37 heavy (non-hydrogen) atoms. The van der Waals surface area contributed by atoms with Gasteiger partial charge >= 0.3 is 0 Å². The maximum atomic E-state index is 14.0. The third-order valence-electron chi connectivity index (χ3n) is 6.11. The maximum absolute atomic E-state index is 14.0. The lowest BCUT2D eigenvalue weighted by Crippen LogP contribution is -2.49. The quantitative estimate of drug-likeness (QED) is 0.332. The number of non-ortho nitro benzene ring substituents is 1. The SMILES string of the molecule is O=C(COc1ccc(Oc2ccc([N+](=O)[O-])cc2F)cc1)N1CCN(Cc2ccc3c(c2)OCO3)CC1. The second-order valence-corrected chi connectivity index (χ2v) is 8.58. The summed E-state index contributed by atoms with van der Waals surface area (Å²) in [6, 6.07) is 15.4. The first kappa shape index (κ1) is 24.3. The number of fused-ring (bicyclic) bond motifs is 1. The van der Waals surface area contributed by atoms with Crippen molar-refractivity contribution in [3.05, 3.63) is 82.2 Å². The van der Waals surface area contributed by atoms with Crippen LogP contribution >= 0.6 is 0 Å². The molecule has 10 nitrogen and oxygen atoms in total. The summed E-state index contributed by atoms with van der Waals surface area (Å²) in [7, 11) is 0. The molecule has 0 N–H and O–H groups in total. The summed E-state index contributed by atoms with van der Waals surface area (Å²) in [5.74, 6) is 1.25. The summed E-state index contributed by atoms with van der Waals surface area (Å²) in [6.45, 7) is 3.66. The van der Waals surface area contributed by atoms with Gasteiger partial charge < -0.3 is 23.8 Å². The van der Waals surface area contributed by atoms with Gasteiger partial charge in [0.05, 0.1) is 11.0 Å². The minimum Gasteiger partial charge on any atom is -0.484 e. The maximum Gasteiger partial charge on any atom is 0.272 e. The van der Waals surface area contributed by atoms with E-state index in [2.05, 4.69) is 4.90 Å². The average Bonchev–Trinajstić information content (AvgIpc) is 3.37. The minimum absolute atomic E-state index is 0.0979. The molecule has 0 unspecified atom stereocenters. The first-order valence-corrected chi connectivity index (χ1v) is 11.7. The van der Waals surface area contributed by atoms with Gasteiger partial charge in [0.15, 0.2) is 29.7 Å². The Kier molecular flexibility index (Phi) is 7.04. The van der Waals surface area contributed by atoms with Crippen molar-refractivity contribution in [1.82, 2.24) is 9.80 Å². The number of piperazine rings is 1. The predicted molar refractivity (Wildman–Crippen MR) is 129 cm³/mol. The van der Waals surface area contributed by atoms with Crippen LogP contribution in [0.5, 0.6) is 28.7 Å². The van der Waals surface area contributed by atoms with Crippen LogP contribution in [-0.4, -0.2) is 60.2 Å². The Morgan fingerprint density at radius 1 is 0.946 bits per heavy atom. The van der Waals surface area contributed by atoms with Gasteiger partial charge in [0.2, 0.25) is 6.79 Å². The van der Waals surface area contributed by atoms with E-state index in [-0.39, 0.29) is 30.7 Å². The molecule has 2 aliphatic heterocycles. The highest BCUT2D eigenvalue weighted by Gasteiger charge is 2.22. The number of nitrogens with zero attached hydrogens (tertiary/aromatic N) is 3. The van der Waals surface area contributed by atoms with Gasteiger partial charge in [-0.1, -0.05) is 6.07 Å². The highest BCUT2D eigenvalue weighted by atomic mass is 19.1. The number of amides is 1. The number of rotatable bonds is 8. The Bertz CT molecular complexity index is 1290. The number of nitro groups is 1. The Hall–Kier alpha value is -4.38. The van der Waals surface area contributed by atoms with Crippen molar-refractivity contribution in [2.45, 2.75) is 6.54 Å². The molecule has 0 spiro atoms. The van der Waals surface area contributed by atoms with Crippen LogP contribution in [0.2, 0.25) is 0 Å². The van der Waals surface area contributed by atoms with Gasteiger partial charge in [-0.05, 0) is 48.0 Å². The van der Waals surface area contributed by atoms with Gasteiger partial charge in [-0.2, -0.15) is 0 Å². The highest BCUT2D eigenvalue weighted by molar-refractivity contribution is 5.77. The predicted octanol–water partition coefficient (Wildman–Crippen LogP) is 3.98. The van der Waals surface area contributed by atoms with E-state index in [9.17, 15) is 19.3 Å². The summed E-state index contributed by atoms with van der Waals surface area (Å²) in [5, 5.41) is 10.7. The zero-order chi connectivity index (χ0) is 25.8. The molecule has 2 aliphatic rings. The van der Waals surface area contributed by atoms with Crippen LogP contribution < -0.4 is 18.9 Å². The Balaban J connectivity index is 1.06. The summed E-state index contributed by atoms with van der Waals surface area (Å²) < 4.78 is 35.9. The van der Waals surface area contributed by atoms with Crippen molar-refractivity contribution in [3.8, 4) is 28.7 Å². The van der Waals surface area contributed by atoms with Crippen LogP contribution in [0.4, 0.5) is 10.1 Å². The van der Waals surface area contributed by atoms with E-state index in [0.29, 0.717) is 24.6 Å². The van der Waals surface area contributed by atoms with Gasteiger partial charge in [0.25, 0.3) is 11.6 Å². The molecule has 3 aromatic carbocycles. The molecule has 1 fully saturated rings. The molecule has 192 valence electrons. The van der Waals surface area contributed by atoms with E-state index in [4.69, 9.17) is 18.9 Å². The van der Waals surface area contributed by atoms with Crippen molar-refractivity contribution >= 4 is 11.6 Å². The third-order valence-corrected chi connectivity index (χ3v) is 6.11. The summed E-state index contributed by atoms with van der Waals surface area (Å²) in [5.41, 5.74) is 0.778. The number of halogens is 1. The fourth-order valence-corrected chi connectivity index (χ4v) is 4.11. The molecular weight excluding hydrogens is 485 g/mol. The van der Waals surface area contributed by atoms with Crippen LogP contribution in [0.3, 0.4) is 0 Å². The molecule has 11 heteroatoms. The fourth-order valence-electron chi connectivity index (χ4n) is 4.11. The number of hydrogen-bond donors (Lipinski definition) is 0. The van der Waals surface area contributed by atoms with Gasteiger partial charge in [-0.25, -0.2) is 4.39 Å². The Labute approximate surface area is 211 Å². The standard InChI is InChI=1S/C26H24FN3O7/c27-22-14-19(30(32)33)2-8-23(22)37-21-5-3-20(4-6-21)34-16-26(31)29-11-9-28(10-12-29)15-18-1-7-24-25(13-18)36-17-35-24/h1-8,13-14H,9-12,15-17H2. The topological polar surface area (TPSA) is 104 Å². The third kappa shape index (κ3) is 5.89. The van der Waals surface area contributed by atoms with Gasteiger partial charge in [0, 0.05) is 38.8 Å². The molecule has 5 rings (SSSR count). The molecule has 0 saturated carbocycles. The monoisotopic (exact) mass is 509 g/mol. The van der Waals surface area contributed by atoms with E-state index < -0.39 is 10.7 Å². The average molecular weight is 509 g/mol. The lowest BCUT2D eigenvalue weighted by Gasteiger charge is -2.34. The van der Waals surface area contributed by atoms with Crippen molar-refractivity contribution in [2.75, 3.05) is 39.6 Å². The smallest absolute Gasteiger partial charge is 0.272 e. The first-order valence-electron chi connectivity index (χ1n) is 11.7. The molecule has 1 saturated heterocycles. The lowest BCUT2D eigenvalue weighted by atomic mass is 10.1. The zero-order valence-electron chi connectivity index (χ0n) is 19.8. The van der Waals surface area contributed by atoms with E-state index >= 15 is 0 Å². The summed E-state index contributed by atoms with van der Waals surface area (Å²) in [4.78, 5) is 26.7. The van der Waals surface area contributed by atoms with Crippen LogP contribution in [0.25, 0.3) is 0 Å². The zero-order valence-corrected chi connectivity index (χ0v) is 19.8. The van der Waals surface area contributed by atoms with Crippen LogP contribution in [0, 0.1) is 15.9 Å². The lowest BCUT2D eigenvalue weighted by molar-refractivity contribution is -0.385. The molecular formula is C26H24FN3O7. The molecule has 0 radical (unpaired) electrons. The Morgan fingerprint density at radius 2 is 1.68 bits per heavy atom. The van der Waals surface area contributed by atoms with Crippen molar-refractivity contribution in [3.63, 3.8) is 0 Å². The molecule has 0 aliphatic carbocycles.